The summed E-state index contributed by atoms with van der Waals surface area (Å²) in [6, 6.07) is 4.44. The van der Waals surface area contributed by atoms with Gasteiger partial charge in [-0.15, -0.1) is 11.3 Å². The summed E-state index contributed by atoms with van der Waals surface area (Å²) in [6.45, 7) is 5.28. The molecule has 1 aromatic heterocycles. The summed E-state index contributed by atoms with van der Waals surface area (Å²) in [5.74, 6) is 0. The molecule has 0 fully saturated rings. The molecule has 0 spiro atoms. The van der Waals surface area contributed by atoms with Crippen LogP contribution in [0.1, 0.15) is 42.4 Å². The van der Waals surface area contributed by atoms with Crippen molar-refractivity contribution >= 4 is 27.3 Å². The second-order valence-electron chi connectivity index (χ2n) is 4.35. The van der Waals surface area contributed by atoms with Crippen LogP contribution in [0.2, 0.25) is 0 Å². The molecule has 0 N–H and O–H groups in total. The Morgan fingerprint density at radius 1 is 1.35 bits per heavy atom. The number of aryl methyl sites for hydroxylation is 2. The maximum absolute atomic E-state index is 5.91. The molecular formula is C14H23BrOS. The molecule has 1 aromatic rings. The van der Waals surface area contributed by atoms with E-state index in [9.17, 15) is 0 Å². The highest BCUT2D eigenvalue weighted by Gasteiger charge is 2.05. The van der Waals surface area contributed by atoms with E-state index in [-0.39, 0.29) is 0 Å². The second kappa shape index (κ2) is 9.12. The van der Waals surface area contributed by atoms with Gasteiger partial charge in [0.05, 0.1) is 6.10 Å². The minimum absolute atomic E-state index is 0.456. The fourth-order valence-corrected chi connectivity index (χ4v) is 3.08. The summed E-state index contributed by atoms with van der Waals surface area (Å²) < 4.78 is 5.91. The summed E-state index contributed by atoms with van der Waals surface area (Å²) in [4.78, 5) is 2.89. The first-order chi connectivity index (χ1) is 8.26. The molecular weight excluding hydrogens is 296 g/mol. The molecule has 1 nitrogen and oxygen atoms in total. The van der Waals surface area contributed by atoms with Crippen LogP contribution in [0, 0.1) is 6.92 Å². The van der Waals surface area contributed by atoms with Gasteiger partial charge in [0.15, 0.2) is 0 Å². The van der Waals surface area contributed by atoms with Gasteiger partial charge in [-0.05, 0) is 51.2 Å². The summed E-state index contributed by atoms with van der Waals surface area (Å²) in [6.07, 6.45) is 6.28. The summed E-state index contributed by atoms with van der Waals surface area (Å²) in [5, 5.41) is 1.08. The van der Waals surface area contributed by atoms with Crippen LogP contribution in [0.25, 0.3) is 0 Å². The van der Waals surface area contributed by atoms with Gasteiger partial charge in [0.2, 0.25) is 0 Å². The van der Waals surface area contributed by atoms with Crippen molar-refractivity contribution in [2.24, 2.45) is 0 Å². The zero-order chi connectivity index (χ0) is 12.5. The van der Waals surface area contributed by atoms with E-state index in [0.29, 0.717) is 6.10 Å². The number of hydrogen-bond donors (Lipinski definition) is 0. The SMILES string of the molecule is CCC(CCCBr)OCCCc1ccc(C)s1. The molecule has 0 bridgehead atoms. The topological polar surface area (TPSA) is 9.23 Å². The van der Waals surface area contributed by atoms with Crippen LogP contribution in [0.5, 0.6) is 0 Å². The molecule has 17 heavy (non-hydrogen) atoms. The number of alkyl halides is 1. The van der Waals surface area contributed by atoms with Crippen molar-refractivity contribution in [3.63, 3.8) is 0 Å². The van der Waals surface area contributed by atoms with Crippen molar-refractivity contribution in [1.82, 2.24) is 0 Å². The fourth-order valence-electron chi connectivity index (χ4n) is 1.83. The number of rotatable bonds is 9. The standard InChI is InChI=1S/C14H23BrOS/c1-3-13(6-4-10-15)16-11-5-7-14-9-8-12(2)17-14/h8-9,13H,3-7,10-11H2,1-2H3. The van der Waals surface area contributed by atoms with Crippen LogP contribution >= 0.6 is 27.3 Å². The van der Waals surface area contributed by atoms with Gasteiger partial charge in [-0.3, -0.25) is 0 Å². The lowest BCUT2D eigenvalue weighted by Crippen LogP contribution is -2.13. The van der Waals surface area contributed by atoms with Gasteiger partial charge in [-0.2, -0.15) is 0 Å². The highest BCUT2D eigenvalue weighted by Crippen LogP contribution is 2.17. The third-order valence-electron chi connectivity index (χ3n) is 2.83. The largest absolute Gasteiger partial charge is 0.378 e. The third kappa shape index (κ3) is 6.58. The maximum Gasteiger partial charge on any atom is 0.0572 e. The predicted molar refractivity (Wildman–Crippen MR) is 80.4 cm³/mol. The predicted octanol–water partition coefficient (Wildman–Crippen LogP) is 4.96. The lowest BCUT2D eigenvalue weighted by molar-refractivity contribution is 0.0434. The van der Waals surface area contributed by atoms with Gasteiger partial charge in [0, 0.05) is 21.7 Å². The Morgan fingerprint density at radius 2 is 2.18 bits per heavy atom. The van der Waals surface area contributed by atoms with E-state index in [1.807, 2.05) is 11.3 Å². The molecule has 0 aliphatic heterocycles. The Hall–Kier alpha value is 0.140. The number of hydrogen-bond acceptors (Lipinski definition) is 2. The van der Waals surface area contributed by atoms with E-state index < -0.39 is 0 Å². The molecule has 98 valence electrons. The molecule has 1 unspecified atom stereocenters. The van der Waals surface area contributed by atoms with Crippen LogP contribution < -0.4 is 0 Å². The molecule has 0 aliphatic rings. The Morgan fingerprint density at radius 3 is 2.76 bits per heavy atom. The molecule has 0 radical (unpaired) electrons. The molecule has 1 atom stereocenters. The number of ether oxygens (including phenoxy) is 1. The number of thiophene rings is 1. The van der Waals surface area contributed by atoms with E-state index in [4.69, 9.17) is 4.74 Å². The van der Waals surface area contributed by atoms with Gasteiger partial charge in [-0.1, -0.05) is 22.9 Å². The Kier molecular flexibility index (Phi) is 8.15. The highest BCUT2D eigenvalue weighted by atomic mass is 79.9. The van der Waals surface area contributed by atoms with Crippen molar-refractivity contribution in [3.8, 4) is 0 Å². The van der Waals surface area contributed by atoms with E-state index in [2.05, 4.69) is 41.9 Å². The molecule has 1 rings (SSSR count). The van der Waals surface area contributed by atoms with Gasteiger partial charge < -0.3 is 4.74 Å². The average molecular weight is 319 g/mol. The molecule has 1 heterocycles. The third-order valence-corrected chi connectivity index (χ3v) is 4.45. The summed E-state index contributed by atoms with van der Waals surface area (Å²) >= 11 is 5.37. The van der Waals surface area contributed by atoms with Crippen LogP contribution in [-0.4, -0.2) is 18.0 Å². The molecule has 3 heteroatoms. The van der Waals surface area contributed by atoms with Gasteiger partial charge in [0.25, 0.3) is 0 Å². The smallest absolute Gasteiger partial charge is 0.0572 e. The normalized spacial score (nSPS) is 12.9. The monoisotopic (exact) mass is 318 g/mol. The van der Waals surface area contributed by atoms with E-state index in [1.165, 1.54) is 22.6 Å². The minimum atomic E-state index is 0.456. The fraction of sp³-hybridized carbons (Fsp3) is 0.714. The first-order valence-electron chi connectivity index (χ1n) is 6.49. The quantitative estimate of drug-likeness (QED) is 0.462. The first-order valence-corrected chi connectivity index (χ1v) is 8.43. The molecule has 0 saturated heterocycles. The molecule has 0 saturated carbocycles. The second-order valence-corrected chi connectivity index (χ2v) is 6.51. The molecule has 0 aromatic carbocycles. The van der Waals surface area contributed by atoms with Crippen molar-refractivity contribution in [1.29, 1.82) is 0 Å². The lowest BCUT2D eigenvalue weighted by Gasteiger charge is -2.15. The number of halogens is 1. The average Bonchev–Trinajstić information content (AvgIpc) is 2.74. The highest BCUT2D eigenvalue weighted by molar-refractivity contribution is 9.09. The minimum Gasteiger partial charge on any atom is -0.378 e. The van der Waals surface area contributed by atoms with Crippen LogP contribution in [0.3, 0.4) is 0 Å². The molecule has 0 amide bonds. The maximum atomic E-state index is 5.91. The Bertz CT molecular complexity index is 298. The van der Waals surface area contributed by atoms with Crippen molar-refractivity contribution < 1.29 is 4.74 Å². The van der Waals surface area contributed by atoms with Crippen LogP contribution in [0.4, 0.5) is 0 Å². The Balaban J connectivity index is 2.09. The zero-order valence-electron chi connectivity index (χ0n) is 10.9. The van der Waals surface area contributed by atoms with E-state index >= 15 is 0 Å². The first kappa shape index (κ1) is 15.2. The van der Waals surface area contributed by atoms with Crippen LogP contribution in [0.15, 0.2) is 12.1 Å². The van der Waals surface area contributed by atoms with Crippen molar-refractivity contribution in [2.75, 3.05) is 11.9 Å². The lowest BCUT2D eigenvalue weighted by atomic mass is 10.1. The zero-order valence-corrected chi connectivity index (χ0v) is 13.3. The van der Waals surface area contributed by atoms with Gasteiger partial charge >= 0.3 is 0 Å². The van der Waals surface area contributed by atoms with Gasteiger partial charge in [0.1, 0.15) is 0 Å². The van der Waals surface area contributed by atoms with Crippen molar-refractivity contribution in [2.45, 2.75) is 52.1 Å². The van der Waals surface area contributed by atoms with Crippen molar-refractivity contribution in [3.05, 3.63) is 21.9 Å². The van der Waals surface area contributed by atoms with Crippen LogP contribution in [-0.2, 0) is 11.2 Å². The van der Waals surface area contributed by atoms with E-state index in [0.717, 1.165) is 31.2 Å². The molecule has 0 aliphatic carbocycles. The van der Waals surface area contributed by atoms with E-state index in [1.54, 1.807) is 0 Å². The summed E-state index contributed by atoms with van der Waals surface area (Å²) in [7, 11) is 0. The van der Waals surface area contributed by atoms with Gasteiger partial charge in [-0.25, -0.2) is 0 Å². The summed E-state index contributed by atoms with van der Waals surface area (Å²) in [5.41, 5.74) is 0. The Labute approximate surface area is 118 Å².